The Morgan fingerprint density at radius 2 is 1.00 bits per heavy atom. The van der Waals surface area contributed by atoms with Crippen molar-refractivity contribution in [3.63, 3.8) is 0 Å². The predicted octanol–water partition coefficient (Wildman–Crippen LogP) is 8.48. The molecule has 0 amide bonds. The standard InChI is InChI=1S/C38H21N5O2.2Pd/c1-3-18-39-34(12-1)26-8-5-10-28(22-26)44-30-14-16-32-33-17-15-31(25-37(33)43(36(32)24-30)38-41-20-7-21-42-38)45-29-11-6-9-27(23-29)35-13-2-4-19-40-35;;/h1-21H;;/q-4;2*+2/i20D;;. The van der Waals surface area contributed by atoms with E-state index in [2.05, 4.69) is 44.2 Å². The van der Waals surface area contributed by atoms with Gasteiger partial charge in [-0.3, -0.25) is 0 Å². The maximum absolute atomic E-state index is 8.17. The van der Waals surface area contributed by atoms with Crippen LogP contribution in [0.4, 0.5) is 0 Å². The molecule has 0 aliphatic heterocycles. The molecule has 4 heterocycles. The second-order valence-corrected chi connectivity index (χ2v) is 9.98. The number of benzene rings is 4. The monoisotopic (exact) mass is 792 g/mol. The molecule has 0 unspecified atom stereocenters. The van der Waals surface area contributed by atoms with Crippen LogP contribution in [0, 0.1) is 24.3 Å². The van der Waals surface area contributed by atoms with E-state index >= 15 is 0 Å². The summed E-state index contributed by atoms with van der Waals surface area (Å²) >= 11 is 0. The van der Waals surface area contributed by atoms with Crippen LogP contribution in [0.25, 0.3) is 50.3 Å². The number of hydrogen-bond donors (Lipinski definition) is 0. The fourth-order valence-corrected chi connectivity index (χ4v) is 5.11. The minimum absolute atomic E-state index is 0. The van der Waals surface area contributed by atoms with E-state index in [-0.39, 0.29) is 47.0 Å². The molecule has 0 N–H and O–H groups in total. The van der Waals surface area contributed by atoms with Gasteiger partial charge in [0.1, 0.15) is 0 Å². The van der Waals surface area contributed by atoms with Gasteiger partial charge < -0.3 is 24.0 Å². The Labute approximate surface area is 300 Å². The summed E-state index contributed by atoms with van der Waals surface area (Å²) in [6, 6.07) is 45.4. The Morgan fingerprint density at radius 1 is 0.489 bits per heavy atom. The third kappa shape index (κ3) is 6.62. The van der Waals surface area contributed by atoms with Gasteiger partial charge >= 0.3 is 40.8 Å². The van der Waals surface area contributed by atoms with Crippen molar-refractivity contribution in [2.24, 2.45) is 0 Å². The molecule has 4 aromatic carbocycles. The van der Waals surface area contributed by atoms with Crippen molar-refractivity contribution in [3.8, 4) is 51.5 Å². The minimum atomic E-state index is 0. The molecule has 230 valence electrons. The number of nitrogens with zero attached hydrogens (tertiary/aromatic N) is 5. The van der Waals surface area contributed by atoms with Gasteiger partial charge in [0, 0.05) is 47.8 Å². The zero-order valence-electron chi connectivity index (χ0n) is 25.2. The number of ether oxygens (including phenoxy) is 2. The first-order valence-corrected chi connectivity index (χ1v) is 14.1. The van der Waals surface area contributed by atoms with Gasteiger partial charge in [-0.25, -0.2) is 9.97 Å². The van der Waals surface area contributed by atoms with Crippen molar-refractivity contribution in [2.75, 3.05) is 0 Å². The van der Waals surface area contributed by atoms with E-state index in [0.29, 0.717) is 40.0 Å². The van der Waals surface area contributed by atoms with Gasteiger partial charge in [-0.15, -0.1) is 71.8 Å². The molecule has 0 aliphatic carbocycles. The van der Waals surface area contributed by atoms with Crippen LogP contribution in [0.5, 0.6) is 23.0 Å². The van der Waals surface area contributed by atoms with E-state index < -0.39 is 0 Å². The van der Waals surface area contributed by atoms with Crippen molar-refractivity contribution in [1.29, 1.82) is 0 Å². The normalized spacial score (nSPS) is 10.9. The van der Waals surface area contributed by atoms with Crippen LogP contribution >= 0.6 is 0 Å². The Hall–Kier alpha value is -5.02. The van der Waals surface area contributed by atoms with Gasteiger partial charge in [0.2, 0.25) is 5.95 Å². The number of rotatable bonds is 7. The zero-order valence-corrected chi connectivity index (χ0v) is 27.3. The molecule has 4 aromatic heterocycles. The average molecular weight is 793 g/mol. The SMILES string of the molecule is [2H]c1ccnc(-n2c3[c-]c(Oc4[c-]c(-c5ccccn5)ccc4)ccc3c3ccc(Oc4[c-]c(-c5ccccn5)ccc4)[c-]c32)n1.[Pd+2].[Pd+2]. The summed E-state index contributed by atoms with van der Waals surface area (Å²) < 4.78 is 22.4. The van der Waals surface area contributed by atoms with Crippen molar-refractivity contribution >= 4 is 21.8 Å². The quantitative estimate of drug-likeness (QED) is 0.119. The van der Waals surface area contributed by atoms with Gasteiger partial charge in [0.15, 0.2) is 0 Å². The topological polar surface area (TPSA) is 75.0 Å². The van der Waals surface area contributed by atoms with Gasteiger partial charge in [-0.1, -0.05) is 47.4 Å². The van der Waals surface area contributed by atoms with Crippen LogP contribution < -0.4 is 9.47 Å². The van der Waals surface area contributed by atoms with E-state index in [4.69, 9.17) is 10.8 Å². The van der Waals surface area contributed by atoms with E-state index in [9.17, 15) is 0 Å². The van der Waals surface area contributed by atoms with Crippen LogP contribution in [0.2, 0.25) is 0 Å². The largest absolute Gasteiger partial charge is 2.00 e. The molecule has 9 heteroatoms. The zero-order chi connectivity index (χ0) is 30.9. The molecule has 7 nitrogen and oxygen atoms in total. The molecule has 0 aliphatic rings. The average Bonchev–Trinajstić information content (AvgIpc) is 3.42. The van der Waals surface area contributed by atoms with E-state index in [1.165, 1.54) is 6.07 Å². The summed E-state index contributed by atoms with van der Waals surface area (Å²) in [5.41, 5.74) is 4.56. The maximum Gasteiger partial charge on any atom is 2.00 e. The Bertz CT molecular complexity index is 2210. The third-order valence-corrected chi connectivity index (χ3v) is 7.10. The minimum Gasteiger partial charge on any atom is -0.503 e. The number of hydrogen-bond acceptors (Lipinski definition) is 6. The molecule has 8 aromatic rings. The van der Waals surface area contributed by atoms with Gasteiger partial charge in [-0.05, 0) is 29.6 Å². The summed E-state index contributed by atoms with van der Waals surface area (Å²) in [6.45, 7) is 0. The maximum atomic E-state index is 8.17. The molecule has 0 radical (unpaired) electrons. The molecule has 0 fully saturated rings. The predicted molar refractivity (Wildman–Crippen MR) is 171 cm³/mol. The second-order valence-electron chi connectivity index (χ2n) is 9.98. The second kappa shape index (κ2) is 14.2. The first-order valence-electron chi connectivity index (χ1n) is 14.6. The van der Waals surface area contributed by atoms with Gasteiger partial charge in [0.05, 0.1) is 1.37 Å². The molecule has 0 bridgehead atoms. The van der Waals surface area contributed by atoms with Crippen molar-refractivity contribution in [3.05, 3.63) is 152 Å². The fraction of sp³-hybridized carbons (Fsp3) is 0. The number of pyridine rings is 2. The van der Waals surface area contributed by atoms with Crippen molar-refractivity contribution in [1.82, 2.24) is 24.5 Å². The summed E-state index contributed by atoms with van der Waals surface area (Å²) in [4.78, 5) is 17.7. The summed E-state index contributed by atoms with van der Waals surface area (Å²) in [5, 5.41) is 1.78. The molecule has 0 spiro atoms. The first-order chi connectivity index (χ1) is 22.7. The van der Waals surface area contributed by atoms with Crippen molar-refractivity contribution < 1.29 is 51.7 Å². The van der Waals surface area contributed by atoms with Crippen LogP contribution in [-0.4, -0.2) is 24.5 Å². The molecule has 47 heavy (non-hydrogen) atoms. The van der Waals surface area contributed by atoms with E-state index in [0.717, 1.165) is 33.3 Å². The van der Waals surface area contributed by atoms with Gasteiger partial charge in [-0.2, -0.15) is 22.9 Å². The first kappa shape index (κ1) is 30.6. The smallest absolute Gasteiger partial charge is 0.503 e. The summed E-state index contributed by atoms with van der Waals surface area (Å²) in [5.74, 6) is 2.31. The molecule has 0 saturated heterocycles. The molecular weight excluding hydrogens is 771 g/mol. The Morgan fingerprint density at radius 3 is 1.49 bits per heavy atom. The van der Waals surface area contributed by atoms with Gasteiger partial charge in [0.25, 0.3) is 0 Å². The summed E-state index contributed by atoms with van der Waals surface area (Å²) in [6.07, 6.45) is 5.13. The molecule has 0 saturated carbocycles. The third-order valence-electron chi connectivity index (χ3n) is 7.10. The molecular formula is C38H21N5O2Pd2. The molecule has 0 atom stereocenters. The Balaban J connectivity index is 0.00000201. The van der Waals surface area contributed by atoms with Crippen molar-refractivity contribution in [2.45, 2.75) is 0 Å². The van der Waals surface area contributed by atoms with E-state index in [1.807, 2.05) is 102 Å². The molecule has 8 rings (SSSR count). The van der Waals surface area contributed by atoms with Crippen LogP contribution in [-0.2, 0) is 40.8 Å². The van der Waals surface area contributed by atoms with Crippen LogP contribution in [0.1, 0.15) is 1.37 Å². The Kier molecular flexibility index (Phi) is 9.24. The van der Waals surface area contributed by atoms with Crippen LogP contribution in [0.3, 0.4) is 0 Å². The number of fused-ring (bicyclic) bond motifs is 3. The fourth-order valence-electron chi connectivity index (χ4n) is 5.11. The van der Waals surface area contributed by atoms with E-state index in [1.54, 1.807) is 18.6 Å². The van der Waals surface area contributed by atoms with Crippen LogP contribution in [0.15, 0.2) is 128 Å². The summed E-state index contributed by atoms with van der Waals surface area (Å²) in [7, 11) is 0. The number of aromatic nitrogens is 5.